The van der Waals surface area contributed by atoms with Crippen LogP contribution >= 0.6 is 0 Å². The molecule has 1 aliphatic heterocycles. The third kappa shape index (κ3) is 2.01. The zero-order chi connectivity index (χ0) is 12.4. The quantitative estimate of drug-likeness (QED) is 0.823. The molecule has 0 saturated heterocycles. The van der Waals surface area contributed by atoms with E-state index in [4.69, 9.17) is 5.73 Å². The fourth-order valence-corrected chi connectivity index (χ4v) is 1.99. The summed E-state index contributed by atoms with van der Waals surface area (Å²) < 4.78 is 4.59. The Morgan fingerprint density at radius 1 is 1.53 bits per heavy atom. The molecule has 1 aliphatic rings. The van der Waals surface area contributed by atoms with Gasteiger partial charge in [-0.2, -0.15) is 0 Å². The minimum absolute atomic E-state index is 0.239. The number of benzene rings is 1. The van der Waals surface area contributed by atoms with Gasteiger partial charge in [0, 0.05) is 0 Å². The van der Waals surface area contributed by atoms with Gasteiger partial charge in [-0.25, -0.2) is 9.69 Å². The van der Waals surface area contributed by atoms with Crippen molar-refractivity contribution in [2.45, 2.75) is 12.8 Å². The number of amides is 2. The van der Waals surface area contributed by atoms with Crippen molar-refractivity contribution >= 4 is 17.7 Å². The van der Waals surface area contributed by atoms with Gasteiger partial charge in [0.25, 0.3) is 0 Å². The number of anilines is 1. The van der Waals surface area contributed by atoms with Crippen molar-refractivity contribution in [1.29, 1.82) is 0 Å². The van der Waals surface area contributed by atoms with Crippen molar-refractivity contribution in [1.82, 2.24) is 0 Å². The van der Waals surface area contributed by atoms with Gasteiger partial charge in [0.2, 0.25) is 5.91 Å². The first-order chi connectivity index (χ1) is 8.17. The highest BCUT2D eigenvalue weighted by atomic mass is 16.5. The molecule has 1 heterocycles. The molecule has 17 heavy (non-hydrogen) atoms. The number of nitrogens with zero attached hydrogens (tertiary/aromatic N) is 1. The van der Waals surface area contributed by atoms with Crippen LogP contribution in [0.1, 0.15) is 11.1 Å². The molecule has 0 radical (unpaired) electrons. The van der Waals surface area contributed by atoms with Crippen LogP contribution in [-0.4, -0.2) is 25.7 Å². The monoisotopic (exact) mass is 234 g/mol. The number of nitrogens with two attached hydrogens (primary N) is 1. The Hall–Kier alpha value is -1.88. The molecule has 2 N–H and O–H groups in total. The Labute approximate surface area is 99.2 Å². The second-order valence-corrected chi connectivity index (χ2v) is 3.88. The maximum atomic E-state index is 11.7. The topological polar surface area (TPSA) is 72.6 Å². The van der Waals surface area contributed by atoms with Crippen molar-refractivity contribution in [2.75, 3.05) is 18.6 Å². The summed E-state index contributed by atoms with van der Waals surface area (Å²) in [4.78, 5) is 24.2. The van der Waals surface area contributed by atoms with E-state index in [1.54, 1.807) is 6.07 Å². The molecule has 1 aromatic carbocycles. The first-order valence-electron chi connectivity index (χ1n) is 5.40. The van der Waals surface area contributed by atoms with Crippen LogP contribution in [0.4, 0.5) is 10.5 Å². The summed E-state index contributed by atoms with van der Waals surface area (Å²) >= 11 is 0. The largest absolute Gasteiger partial charge is 0.452 e. The van der Waals surface area contributed by atoms with Crippen molar-refractivity contribution in [3.05, 3.63) is 29.3 Å². The smallest absolute Gasteiger partial charge is 0.420 e. The Balaban J connectivity index is 2.35. The molecule has 0 aliphatic carbocycles. The van der Waals surface area contributed by atoms with E-state index in [0.717, 1.165) is 22.4 Å². The fraction of sp³-hybridized carbons (Fsp3) is 0.333. The van der Waals surface area contributed by atoms with Crippen LogP contribution in [0.5, 0.6) is 0 Å². The number of hydrogen-bond acceptors (Lipinski definition) is 4. The van der Waals surface area contributed by atoms with Crippen molar-refractivity contribution in [3.8, 4) is 0 Å². The average molecular weight is 234 g/mol. The summed E-state index contributed by atoms with van der Waals surface area (Å²) in [5.41, 5.74) is 8.02. The highest BCUT2D eigenvalue weighted by molar-refractivity contribution is 6.17. The van der Waals surface area contributed by atoms with Crippen molar-refractivity contribution < 1.29 is 14.3 Å². The summed E-state index contributed by atoms with van der Waals surface area (Å²) in [6, 6.07) is 5.56. The normalized spacial score (nSPS) is 13.8. The van der Waals surface area contributed by atoms with Gasteiger partial charge >= 0.3 is 6.09 Å². The first kappa shape index (κ1) is 11.6. The highest BCUT2D eigenvalue weighted by Crippen LogP contribution is 2.30. The molecule has 2 amide bonds. The lowest BCUT2D eigenvalue weighted by molar-refractivity contribution is -0.116. The summed E-state index contributed by atoms with van der Waals surface area (Å²) in [7, 11) is 1.26. The molecule has 5 heteroatoms. The molecule has 5 nitrogen and oxygen atoms in total. The summed E-state index contributed by atoms with van der Waals surface area (Å²) in [6.07, 6.45) is 0.364. The number of methoxy groups -OCH3 is 1. The molecular formula is C12H14N2O3. The minimum atomic E-state index is -0.639. The van der Waals surface area contributed by atoms with E-state index in [0.29, 0.717) is 12.2 Å². The van der Waals surface area contributed by atoms with Crippen LogP contribution in [-0.2, 0) is 22.4 Å². The predicted octanol–water partition coefficient (Wildman–Crippen LogP) is 0.843. The standard InChI is InChI=1S/C12H14N2O3/c1-17-12(16)14-10-3-2-8(4-5-13)6-9(10)7-11(14)15/h2-3,6H,4-5,7,13H2,1H3. The van der Waals surface area contributed by atoms with E-state index < -0.39 is 6.09 Å². The van der Waals surface area contributed by atoms with Crippen LogP contribution in [0.3, 0.4) is 0 Å². The Morgan fingerprint density at radius 3 is 2.94 bits per heavy atom. The van der Waals surface area contributed by atoms with E-state index >= 15 is 0 Å². The predicted molar refractivity (Wildman–Crippen MR) is 62.8 cm³/mol. The van der Waals surface area contributed by atoms with Crippen LogP contribution in [0.2, 0.25) is 0 Å². The fourth-order valence-electron chi connectivity index (χ4n) is 1.99. The molecule has 0 spiro atoms. The third-order valence-corrected chi connectivity index (χ3v) is 2.77. The third-order valence-electron chi connectivity index (χ3n) is 2.77. The van der Waals surface area contributed by atoms with Crippen LogP contribution in [0, 0.1) is 0 Å². The maximum absolute atomic E-state index is 11.7. The molecule has 0 saturated carbocycles. The van der Waals surface area contributed by atoms with E-state index in [-0.39, 0.29) is 12.3 Å². The van der Waals surface area contributed by atoms with E-state index in [1.165, 1.54) is 7.11 Å². The maximum Gasteiger partial charge on any atom is 0.420 e. The van der Waals surface area contributed by atoms with Crippen molar-refractivity contribution in [2.24, 2.45) is 5.73 Å². The molecule has 1 aromatic rings. The summed E-state index contributed by atoms with van der Waals surface area (Å²) in [5, 5.41) is 0. The molecule has 0 fully saturated rings. The highest BCUT2D eigenvalue weighted by Gasteiger charge is 2.33. The molecule has 2 rings (SSSR count). The summed E-state index contributed by atoms with van der Waals surface area (Å²) in [5.74, 6) is -0.253. The first-order valence-corrected chi connectivity index (χ1v) is 5.40. The Kier molecular flexibility index (Phi) is 3.10. The van der Waals surface area contributed by atoms with Crippen LogP contribution in [0.15, 0.2) is 18.2 Å². The lowest BCUT2D eigenvalue weighted by Gasteiger charge is -2.13. The SMILES string of the molecule is COC(=O)N1C(=O)Cc2cc(CCN)ccc21. The van der Waals surface area contributed by atoms with Gasteiger partial charge < -0.3 is 10.5 Å². The number of carbonyl (C=O) groups is 2. The average Bonchev–Trinajstić information content (AvgIpc) is 2.64. The van der Waals surface area contributed by atoms with Gasteiger partial charge in [0.15, 0.2) is 0 Å². The Bertz CT molecular complexity index is 471. The van der Waals surface area contributed by atoms with E-state index in [1.807, 2.05) is 12.1 Å². The second kappa shape index (κ2) is 4.55. The minimum Gasteiger partial charge on any atom is -0.452 e. The van der Waals surface area contributed by atoms with Gasteiger partial charge in [-0.1, -0.05) is 12.1 Å². The lowest BCUT2D eigenvalue weighted by atomic mass is 10.1. The van der Waals surface area contributed by atoms with Crippen LogP contribution in [0.25, 0.3) is 0 Å². The zero-order valence-electron chi connectivity index (χ0n) is 9.60. The number of hydrogen-bond donors (Lipinski definition) is 1. The number of rotatable bonds is 2. The molecule has 0 aromatic heterocycles. The van der Waals surface area contributed by atoms with Gasteiger partial charge in [0.1, 0.15) is 0 Å². The van der Waals surface area contributed by atoms with Gasteiger partial charge in [-0.15, -0.1) is 0 Å². The molecule has 0 unspecified atom stereocenters. The number of fused-ring (bicyclic) bond motifs is 1. The Morgan fingerprint density at radius 2 is 2.29 bits per heavy atom. The zero-order valence-corrected chi connectivity index (χ0v) is 9.60. The lowest BCUT2D eigenvalue weighted by Crippen LogP contribution is -2.33. The molecule has 90 valence electrons. The number of imide groups is 1. The molecular weight excluding hydrogens is 220 g/mol. The van der Waals surface area contributed by atoms with Gasteiger partial charge in [0.05, 0.1) is 19.2 Å². The van der Waals surface area contributed by atoms with Crippen LogP contribution < -0.4 is 10.6 Å². The second-order valence-electron chi connectivity index (χ2n) is 3.88. The number of carbonyl (C=O) groups excluding carboxylic acids is 2. The van der Waals surface area contributed by atoms with Gasteiger partial charge in [-0.3, -0.25) is 4.79 Å². The van der Waals surface area contributed by atoms with E-state index in [2.05, 4.69) is 4.74 Å². The van der Waals surface area contributed by atoms with Gasteiger partial charge in [-0.05, 0) is 30.2 Å². The van der Waals surface area contributed by atoms with E-state index in [9.17, 15) is 9.59 Å². The molecule has 0 atom stereocenters. The summed E-state index contributed by atoms with van der Waals surface area (Å²) in [6.45, 7) is 0.563. The molecule has 0 bridgehead atoms. The number of ether oxygens (including phenoxy) is 1. The van der Waals surface area contributed by atoms with Crippen molar-refractivity contribution in [3.63, 3.8) is 0 Å².